The zero-order valence-corrected chi connectivity index (χ0v) is 13.8. The van der Waals surface area contributed by atoms with Crippen molar-refractivity contribution in [3.63, 3.8) is 0 Å². The van der Waals surface area contributed by atoms with Gasteiger partial charge in [-0.3, -0.25) is 0 Å². The molecule has 22 heavy (non-hydrogen) atoms. The molecule has 1 aromatic rings. The van der Waals surface area contributed by atoms with Gasteiger partial charge in [-0.05, 0) is 43.6 Å². The predicted molar refractivity (Wildman–Crippen MR) is 90.2 cm³/mol. The Labute approximate surface area is 134 Å². The number of rotatable bonds is 9. The summed E-state index contributed by atoms with van der Waals surface area (Å²) in [7, 11) is 0. The molecule has 0 amide bonds. The predicted octanol–water partition coefficient (Wildman–Crippen LogP) is 5.90. The zero-order chi connectivity index (χ0) is 15.6. The molecule has 1 fully saturated rings. The van der Waals surface area contributed by atoms with Gasteiger partial charge in [-0.25, -0.2) is 4.39 Å². The average molecular weight is 304 g/mol. The molecule has 0 saturated heterocycles. The second-order valence-corrected chi connectivity index (χ2v) is 6.41. The van der Waals surface area contributed by atoms with E-state index in [1.165, 1.54) is 51.0 Å². The molecule has 122 valence electrons. The first-order valence-electron chi connectivity index (χ1n) is 8.77. The average Bonchev–Trinajstić information content (AvgIpc) is 2.96. The van der Waals surface area contributed by atoms with Gasteiger partial charge in [0.05, 0.1) is 13.2 Å². The van der Waals surface area contributed by atoms with E-state index in [2.05, 4.69) is 19.1 Å². The summed E-state index contributed by atoms with van der Waals surface area (Å²) in [6, 6.07) is 6.88. The molecule has 0 aliphatic heterocycles. The topological polar surface area (TPSA) is 9.23 Å². The number of allylic oxidation sites excluding steroid dienone is 2. The summed E-state index contributed by atoms with van der Waals surface area (Å²) in [5.41, 5.74) is 0.663. The normalized spacial score (nSPS) is 21.7. The van der Waals surface area contributed by atoms with Crippen LogP contribution in [0.25, 0.3) is 0 Å². The van der Waals surface area contributed by atoms with Crippen LogP contribution < -0.4 is 0 Å². The van der Waals surface area contributed by atoms with Crippen molar-refractivity contribution in [2.45, 2.75) is 58.5 Å². The fourth-order valence-corrected chi connectivity index (χ4v) is 3.29. The lowest BCUT2D eigenvalue weighted by Gasteiger charge is -2.18. The number of unbranched alkanes of at least 4 members (excludes halogenated alkanes) is 2. The molecule has 0 N–H and O–H groups in total. The summed E-state index contributed by atoms with van der Waals surface area (Å²) in [4.78, 5) is 0. The van der Waals surface area contributed by atoms with Crippen molar-refractivity contribution in [1.82, 2.24) is 0 Å². The molecule has 0 heterocycles. The van der Waals surface area contributed by atoms with Crippen LogP contribution in [-0.2, 0) is 11.3 Å². The lowest BCUT2D eigenvalue weighted by Crippen LogP contribution is -2.14. The summed E-state index contributed by atoms with van der Waals surface area (Å²) in [5.74, 6) is 1.23. The number of halogens is 1. The highest BCUT2D eigenvalue weighted by Gasteiger charge is 2.26. The SMILES string of the molecule is CCCC/C=C\CC1CCCC1COCc1ccccc1F. The Morgan fingerprint density at radius 2 is 2.00 bits per heavy atom. The fourth-order valence-electron chi connectivity index (χ4n) is 3.29. The van der Waals surface area contributed by atoms with Gasteiger partial charge in [0.2, 0.25) is 0 Å². The van der Waals surface area contributed by atoms with Crippen LogP contribution in [0.2, 0.25) is 0 Å². The summed E-state index contributed by atoms with van der Waals surface area (Å²) < 4.78 is 19.3. The van der Waals surface area contributed by atoms with E-state index in [0.29, 0.717) is 18.1 Å². The van der Waals surface area contributed by atoms with E-state index in [1.807, 2.05) is 6.07 Å². The Morgan fingerprint density at radius 3 is 2.82 bits per heavy atom. The van der Waals surface area contributed by atoms with Crippen LogP contribution in [0.15, 0.2) is 36.4 Å². The number of hydrogen-bond donors (Lipinski definition) is 0. The summed E-state index contributed by atoms with van der Waals surface area (Å²) in [5, 5.41) is 0. The quantitative estimate of drug-likeness (QED) is 0.408. The van der Waals surface area contributed by atoms with Crippen molar-refractivity contribution in [2.75, 3.05) is 6.61 Å². The molecule has 0 aromatic heterocycles. The molecule has 0 radical (unpaired) electrons. The van der Waals surface area contributed by atoms with E-state index in [1.54, 1.807) is 12.1 Å². The van der Waals surface area contributed by atoms with Gasteiger partial charge < -0.3 is 4.74 Å². The fraction of sp³-hybridized carbons (Fsp3) is 0.600. The third-order valence-corrected chi connectivity index (χ3v) is 4.69. The van der Waals surface area contributed by atoms with Crippen molar-refractivity contribution in [1.29, 1.82) is 0 Å². The molecule has 1 aliphatic carbocycles. The third-order valence-electron chi connectivity index (χ3n) is 4.69. The van der Waals surface area contributed by atoms with Crippen LogP contribution in [0.5, 0.6) is 0 Å². The Balaban J connectivity index is 1.70. The van der Waals surface area contributed by atoms with Crippen LogP contribution in [0, 0.1) is 17.7 Å². The van der Waals surface area contributed by atoms with Gasteiger partial charge >= 0.3 is 0 Å². The molecule has 1 saturated carbocycles. The minimum atomic E-state index is -0.163. The van der Waals surface area contributed by atoms with Crippen molar-refractivity contribution < 1.29 is 9.13 Å². The van der Waals surface area contributed by atoms with Crippen LogP contribution >= 0.6 is 0 Å². The van der Waals surface area contributed by atoms with Crippen molar-refractivity contribution in [3.05, 3.63) is 47.8 Å². The maximum absolute atomic E-state index is 13.5. The number of hydrogen-bond acceptors (Lipinski definition) is 1. The van der Waals surface area contributed by atoms with Gasteiger partial charge in [0.25, 0.3) is 0 Å². The number of benzene rings is 1. The first-order chi connectivity index (χ1) is 10.8. The highest BCUT2D eigenvalue weighted by Crippen LogP contribution is 2.34. The van der Waals surface area contributed by atoms with E-state index in [0.717, 1.165) is 12.5 Å². The van der Waals surface area contributed by atoms with Crippen LogP contribution in [0.3, 0.4) is 0 Å². The molecule has 0 bridgehead atoms. The smallest absolute Gasteiger partial charge is 0.128 e. The summed E-state index contributed by atoms with van der Waals surface area (Å²) >= 11 is 0. The molecule has 2 rings (SSSR count). The molecule has 1 nitrogen and oxygen atoms in total. The van der Waals surface area contributed by atoms with Gasteiger partial charge in [0.1, 0.15) is 5.82 Å². The first-order valence-corrected chi connectivity index (χ1v) is 8.77. The van der Waals surface area contributed by atoms with Gasteiger partial charge in [-0.1, -0.05) is 56.5 Å². The zero-order valence-electron chi connectivity index (χ0n) is 13.8. The lowest BCUT2D eigenvalue weighted by molar-refractivity contribution is 0.0729. The Morgan fingerprint density at radius 1 is 1.18 bits per heavy atom. The minimum Gasteiger partial charge on any atom is -0.376 e. The molecule has 2 heteroatoms. The Hall–Kier alpha value is -1.15. The second kappa shape index (κ2) is 9.78. The number of ether oxygens (including phenoxy) is 1. The van der Waals surface area contributed by atoms with Crippen LogP contribution in [-0.4, -0.2) is 6.61 Å². The van der Waals surface area contributed by atoms with Crippen LogP contribution in [0.1, 0.15) is 57.4 Å². The van der Waals surface area contributed by atoms with E-state index in [9.17, 15) is 4.39 Å². The highest BCUT2D eigenvalue weighted by molar-refractivity contribution is 5.16. The maximum atomic E-state index is 13.5. The van der Waals surface area contributed by atoms with E-state index in [-0.39, 0.29) is 5.82 Å². The van der Waals surface area contributed by atoms with E-state index >= 15 is 0 Å². The van der Waals surface area contributed by atoms with E-state index in [4.69, 9.17) is 4.74 Å². The van der Waals surface area contributed by atoms with Gasteiger partial charge in [0.15, 0.2) is 0 Å². The van der Waals surface area contributed by atoms with Gasteiger partial charge in [-0.2, -0.15) is 0 Å². The minimum absolute atomic E-state index is 0.163. The molecule has 0 spiro atoms. The molecule has 2 atom stereocenters. The second-order valence-electron chi connectivity index (χ2n) is 6.41. The summed E-state index contributed by atoms with van der Waals surface area (Å²) in [6.07, 6.45) is 13.5. The van der Waals surface area contributed by atoms with Crippen molar-refractivity contribution in [2.24, 2.45) is 11.8 Å². The largest absolute Gasteiger partial charge is 0.376 e. The van der Waals surface area contributed by atoms with E-state index < -0.39 is 0 Å². The first kappa shape index (κ1) is 17.2. The lowest BCUT2D eigenvalue weighted by atomic mass is 9.93. The van der Waals surface area contributed by atoms with Crippen molar-refractivity contribution in [3.8, 4) is 0 Å². The molecule has 1 aromatic carbocycles. The summed E-state index contributed by atoms with van der Waals surface area (Å²) in [6.45, 7) is 3.39. The Bertz CT molecular complexity index is 455. The highest BCUT2D eigenvalue weighted by atomic mass is 19.1. The van der Waals surface area contributed by atoms with Gasteiger partial charge in [-0.15, -0.1) is 0 Å². The monoisotopic (exact) mass is 304 g/mol. The molecular formula is C20H29FO. The molecular weight excluding hydrogens is 275 g/mol. The standard InChI is InChI=1S/C20H29FO/c1-2-3-4-5-6-10-17-12-9-13-18(17)15-22-16-19-11-7-8-14-20(19)21/h5-8,11,14,17-18H,2-4,9-10,12-13,15-16H2,1H3/b6-5-. The van der Waals surface area contributed by atoms with Crippen LogP contribution in [0.4, 0.5) is 4.39 Å². The molecule has 2 unspecified atom stereocenters. The molecule has 1 aliphatic rings. The van der Waals surface area contributed by atoms with Crippen molar-refractivity contribution >= 4 is 0 Å². The van der Waals surface area contributed by atoms with Gasteiger partial charge in [0, 0.05) is 5.56 Å². The maximum Gasteiger partial charge on any atom is 0.128 e. The Kier molecular flexibility index (Phi) is 7.65. The third kappa shape index (κ3) is 5.57.